The highest BCUT2D eigenvalue weighted by Gasteiger charge is 2.24. The highest BCUT2D eigenvalue weighted by Crippen LogP contribution is 2.24. The summed E-state index contributed by atoms with van der Waals surface area (Å²) in [6.07, 6.45) is 2.08. The summed E-state index contributed by atoms with van der Waals surface area (Å²) in [6, 6.07) is 4.22. The van der Waals surface area contributed by atoms with Gasteiger partial charge in [-0.25, -0.2) is 0 Å². The predicted octanol–water partition coefficient (Wildman–Crippen LogP) is 2.17. The fourth-order valence-electron chi connectivity index (χ4n) is 2.45. The van der Waals surface area contributed by atoms with Crippen LogP contribution in [0.15, 0.2) is 23.3 Å². The van der Waals surface area contributed by atoms with Gasteiger partial charge in [0.1, 0.15) is 0 Å². The van der Waals surface area contributed by atoms with E-state index in [2.05, 4.69) is 70.8 Å². The highest BCUT2D eigenvalue weighted by molar-refractivity contribution is 8.00. The number of hydrogen-bond acceptors (Lipinski definition) is 2. The Labute approximate surface area is 126 Å². The van der Waals surface area contributed by atoms with Gasteiger partial charge in [-0.05, 0) is 18.1 Å². The molecule has 0 aromatic carbocycles. The summed E-state index contributed by atoms with van der Waals surface area (Å²) in [5, 5.41) is 4.19. The molecule has 1 atom stereocenters. The van der Waals surface area contributed by atoms with Crippen molar-refractivity contribution in [3.63, 3.8) is 0 Å². The predicted molar refractivity (Wildman–Crippen MR) is 88.3 cm³/mol. The first kappa shape index (κ1) is 15.3. The maximum Gasteiger partial charge on any atom is 0.194 e. The number of guanidine groups is 1. The minimum absolute atomic E-state index is 0.706. The van der Waals surface area contributed by atoms with Gasteiger partial charge in [0.15, 0.2) is 5.96 Å². The highest BCUT2D eigenvalue weighted by atomic mass is 32.2. The zero-order valence-electron chi connectivity index (χ0n) is 13.0. The summed E-state index contributed by atoms with van der Waals surface area (Å²) in [5.74, 6) is 2.93. The average Bonchev–Trinajstić information content (AvgIpc) is 2.85. The van der Waals surface area contributed by atoms with Crippen molar-refractivity contribution >= 4 is 17.7 Å². The standard InChI is InChI=1S/C15H26N4S/c1-12(2)14-11-19(8-9-20-14)15(16-3)17-10-13-6-5-7-18(13)4/h5-7,12,14H,8-11H2,1-4H3,(H,16,17). The molecule has 0 bridgehead atoms. The van der Waals surface area contributed by atoms with Crippen LogP contribution in [0, 0.1) is 5.92 Å². The van der Waals surface area contributed by atoms with E-state index in [0.717, 1.165) is 25.6 Å². The number of nitrogens with zero attached hydrogens (tertiary/aromatic N) is 3. The van der Waals surface area contributed by atoms with Gasteiger partial charge >= 0.3 is 0 Å². The van der Waals surface area contributed by atoms with Crippen molar-refractivity contribution in [2.45, 2.75) is 25.6 Å². The second-order valence-corrected chi connectivity index (χ2v) is 6.96. The number of aliphatic imine (C=N–C) groups is 1. The molecule has 0 spiro atoms. The third kappa shape index (κ3) is 3.72. The number of nitrogens with one attached hydrogen (secondary N) is 1. The van der Waals surface area contributed by atoms with Crippen molar-refractivity contribution in [1.29, 1.82) is 0 Å². The maximum absolute atomic E-state index is 4.45. The van der Waals surface area contributed by atoms with E-state index in [9.17, 15) is 0 Å². The molecule has 1 aromatic rings. The smallest absolute Gasteiger partial charge is 0.194 e. The van der Waals surface area contributed by atoms with Gasteiger partial charge in [-0.1, -0.05) is 13.8 Å². The summed E-state index contributed by atoms with van der Waals surface area (Å²) in [4.78, 5) is 6.84. The van der Waals surface area contributed by atoms with Gasteiger partial charge in [-0.2, -0.15) is 11.8 Å². The molecule has 1 N–H and O–H groups in total. The van der Waals surface area contributed by atoms with Crippen molar-refractivity contribution in [3.8, 4) is 0 Å². The molecule has 2 heterocycles. The van der Waals surface area contributed by atoms with E-state index in [1.807, 2.05) is 7.05 Å². The van der Waals surface area contributed by atoms with E-state index in [1.165, 1.54) is 11.4 Å². The fraction of sp³-hybridized carbons (Fsp3) is 0.667. The zero-order valence-corrected chi connectivity index (χ0v) is 13.8. The third-order valence-corrected chi connectivity index (χ3v) is 5.37. The van der Waals surface area contributed by atoms with Crippen molar-refractivity contribution in [1.82, 2.24) is 14.8 Å². The van der Waals surface area contributed by atoms with E-state index >= 15 is 0 Å². The largest absolute Gasteiger partial charge is 0.353 e. The van der Waals surface area contributed by atoms with Crippen LogP contribution in [0.2, 0.25) is 0 Å². The molecule has 1 aliphatic rings. The number of hydrogen-bond donors (Lipinski definition) is 1. The summed E-state index contributed by atoms with van der Waals surface area (Å²) in [5.41, 5.74) is 1.28. The zero-order chi connectivity index (χ0) is 14.5. The first-order chi connectivity index (χ1) is 9.61. The number of rotatable bonds is 3. The fourth-order valence-corrected chi connectivity index (χ4v) is 3.75. The molecule has 1 saturated heterocycles. The molecule has 0 amide bonds. The molecule has 1 fully saturated rings. The van der Waals surface area contributed by atoms with Gasteiger partial charge in [0, 0.05) is 50.1 Å². The molecule has 4 nitrogen and oxygen atoms in total. The van der Waals surface area contributed by atoms with Crippen LogP contribution in [0.1, 0.15) is 19.5 Å². The Morgan fingerprint density at radius 2 is 2.35 bits per heavy atom. The quantitative estimate of drug-likeness (QED) is 0.685. The molecular weight excluding hydrogens is 268 g/mol. The first-order valence-electron chi connectivity index (χ1n) is 7.29. The molecule has 20 heavy (non-hydrogen) atoms. The van der Waals surface area contributed by atoms with Crippen LogP contribution >= 0.6 is 11.8 Å². The lowest BCUT2D eigenvalue weighted by molar-refractivity contribution is 0.380. The normalized spacial score (nSPS) is 20.6. The SMILES string of the molecule is CN=C(NCc1cccn1C)N1CCSC(C(C)C)C1. The second-order valence-electron chi connectivity index (χ2n) is 5.61. The topological polar surface area (TPSA) is 32.6 Å². The Bertz CT molecular complexity index is 452. The van der Waals surface area contributed by atoms with Crippen molar-refractivity contribution in [3.05, 3.63) is 24.0 Å². The Kier molecular flexibility index (Phi) is 5.40. The van der Waals surface area contributed by atoms with Crippen LogP contribution in [0.4, 0.5) is 0 Å². The van der Waals surface area contributed by atoms with Gasteiger partial charge in [0.05, 0.1) is 6.54 Å². The van der Waals surface area contributed by atoms with Crippen molar-refractivity contribution < 1.29 is 0 Å². The van der Waals surface area contributed by atoms with E-state index in [4.69, 9.17) is 0 Å². The van der Waals surface area contributed by atoms with E-state index in [1.54, 1.807) is 0 Å². The second kappa shape index (κ2) is 7.07. The van der Waals surface area contributed by atoms with Crippen LogP contribution in [0.3, 0.4) is 0 Å². The van der Waals surface area contributed by atoms with Crippen LogP contribution in [-0.2, 0) is 13.6 Å². The molecule has 0 radical (unpaired) electrons. The molecule has 2 rings (SSSR count). The molecule has 5 heteroatoms. The van der Waals surface area contributed by atoms with Crippen molar-refractivity contribution in [2.24, 2.45) is 18.0 Å². The third-order valence-electron chi connectivity index (χ3n) is 3.83. The molecule has 112 valence electrons. The van der Waals surface area contributed by atoms with Crippen molar-refractivity contribution in [2.75, 3.05) is 25.9 Å². The van der Waals surface area contributed by atoms with Crippen LogP contribution in [0.25, 0.3) is 0 Å². The lowest BCUT2D eigenvalue weighted by atomic mass is 10.1. The van der Waals surface area contributed by atoms with E-state index < -0.39 is 0 Å². The van der Waals surface area contributed by atoms with Crippen LogP contribution in [-0.4, -0.2) is 46.6 Å². The van der Waals surface area contributed by atoms with E-state index in [-0.39, 0.29) is 0 Å². The van der Waals surface area contributed by atoms with Gasteiger partial charge < -0.3 is 14.8 Å². The van der Waals surface area contributed by atoms with E-state index in [0.29, 0.717) is 11.2 Å². The Balaban J connectivity index is 1.93. The molecule has 1 unspecified atom stereocenters. The maximum atomic E-state index is 4.45. The van der Waals surface area contributed by atoms with Crippen LogP contribution in [0.5, 0.6) is 0 Å². The summed E-state index contributed by atoms with van der Waals surface area (Å²) < 4.78 is 2.14. The molecule has 1 aromatic heterocycles. The van der Waals surface area contributed by atoms with Gasteiger partial charge in [-0.15, -0.1) is 0 Å². The summed E-state index contributed by atoms with van der Waals surface area (Å²) in [7, 11) is 3.95. The Hall–Kier alpha value is -1.10. The number of thioether (sulfide) groups is 1. The van der Waals surface area contributed by atoms with Gasteiger partial charge in [-0.3, -0.25) is 4.99 Å². The molecule has 1 aliphatic heterocycles. The Morgan fingerprint density at radius 1 is 1.55 bits per heavy atom. The minimum atomic E-state index is 0.706. The van der Waals surface area contributed by atoms with Gasteiger partial charge in [0.2, 0.25) is 0 Å². The average molecular weight is 294 g/mol. The van der Waals surface area contributed by atoms with Gasteiger partial charge in [0.25, 0.3) is 0 Å². The van der Waals surface area contributed by atoms with Crippen LogP contribution < -0.4 is 5.32 Å². The molecular formula is C15H26N4S. The first-order valence-corrected chi connectivity index (χ1v) is 8.34. The lowest BCUT2D eigenvalue weighted by Crippen LogP contribution is -2.48. The minimum Gasteiger partial charge on any atom is -0.353 e. The lowest BCUT2D eigenvalue weighted by Gasteiger charge is -2.36. The summed E-state index contributed by atoms with van der Waals surface area (Å²) in [6.45, 7) is 7.62. The number of aryl methyl sites for hydroxylation is 1. The molecule has 0 saturated carbocycles. The number of aromatic nitrogens is 1. The Morgan fingerprint density at radius 3 is 2.95 bits per heavy atom. The molecule has 0 aliphatic carbocycles. The monoisotopic (exact) mass is 294 g/mol. The summed E-state index contributed by atoms with van der Waals surface area (Å²) >= 11 is 2.09.